The third-order valence-electron chi connectivity index (χ3n) is 8.86. The molecule has 0 fully saturated rings. The fourth-order valence-corrected chi connectivity index (χ4v) is 6.05. The summed E-state index contributed by atoms with van der Waals surface area (Å²) in [4.78, 5) is 53.7. The van der Waals surface area contributed by atoms with Gasteiger partial charge in [0.1, 0.15) is 0 Å². The van der Waals surface area contributed by atoms with Gasteiger partial charge in [-0.1, -0.05) is 0 Å². The minimum Gasteiger partial charge on any atom is -0.469 e. The smallest absolute Gasteiger partial charge is 0.305 e. The number of aromatic amines is 2. The van der Waals surface area contributed by atoms with Crippen LogP contribution in [-0.4, -0.2) is 59.2 Å². The molecule has 0 amide bonds. The highest BCUT2D eigenvalue weighted by atomic mass is 16.5. The number of allylic oxidation sites excluding steroid dienone is 4. The number of fused-ring (bicyclic) bond motifs is 8. The number of carbonyl (C=O) groups excluding carboxylic acids is 3. The van der Waals surface area contributed by atoms with Gasteiger partial charge in [-0.05, 0) is 116 Å². The molecule has 3 aromatic heterocycles. The molecule has 3 aromatic rings. The summed E-state index contributed by atoms with van der Waals surface area (Å²) in [5.41, 5.74) is 13.5. The molecule has 0 saturated heterocycles. The van der Waals surface area contributed by atoms with E-state index in [0.29, 0.717) is 19.3 Å². The maximum Gasteiger partial charge on any atom is 0.305 e. The van der Waals surface area contributed by atoms with Gasteiger partial charge in [-0.3, -0.25) is 14.4 Å². The van der Waals surface area contributed by atoms with Crippen LogP contribution in [-0.2, 0) is 35.0 Å². The number of aromatic nitrogens is 4. The molecule has 10 heteroatoms. The van der Waals surface area contributed by atoms with Crippen LogP contribution in [0, 0.1) is 13.8 Å². The van der Waals surface area contributed by atoms with Crippen LogP contribution in [0.15, 0.2) is 30.3 Å². The first kappa shape index (κ1) is 32.4. The third kappa shape index (κ3) is 6.66. The van der Waals surface area contributed by atoms with Crippen LogP contribution in [0.4, 0.5) is 0 Å². The molecule has 0 atom stereocenters. The second-order valence-electron chi connectivity index (χ2n) is 11.7. The molecule has 2 N–H and O–H groups in total. The Bertz CT molecular complexity index is 1960. The lowest BCUT2D eigenvalue weighted by Gasteiger charge is -2.05. The van der Waals surface area contributed by atoms with Gasteiger partial charge in [0, 0.05) is 41.3 Å². The van der Waals surface area contributed by atoms with Crippen molar-refractivity contribution in [2.24, 2.45) is 0 Å². The normalized spacial score (nSPS) is 12.8. The second-order valence-corrected chi connectivity index (χ2v) is 11.7. The number of ether oxygens (including phenoxy) is 3. The molecular formula is C36H40N4O6. The van der Waals surface area contributed by atoms with Crippen LogP contribution in [0.2, 0.25) is 0 Å². The highest BCUT2D eigenvalue weighted by Crippen LogP contribution is 2.37. The lowest BCUT2D eigenvalue weighted by molar-refractivity contribution is -0.141. The molecule has 0 radical (unpaired) electrons. The molecule has 0 aliphatic carbocycles. The molecule has 8 bridgehead atoms. The second kappa shape index (κ2) is 13.6. The average Bonchev–Trinajstić information content (AvgIpc) is 3.72. The van der Waals surface area contributed by atoms with E-state index in [1.165, 1.54) is 21.3 Å². The van der Waals surface area contributed by atoms with Gasteiger partial charge < -0.3 is 24.2 Å². The van der Waals surface area contributed by atoms with Crippen molar-refractivity contribution >= 4 is 62.3 Å². The van der Waals surface area contributed by atoms with E-state index in [9.17, 15) is 14.4 Å². The number of H-pyrrole nitrogens is 2. The highest BCUT2D eigenvalue weighted by Gasteiger charge is 2.23. The summed E-state index contributed by atoms with van der Waals surface area (Å²) in [6.07, 6.45) is 2.05. The lowest BCUT2D eigenvalue weighted by atomic mass is 9.98. The summed E-state index contributed by atoms with van der Waals surface area (Å²) >= 11 is 0. The monoisotopic (exact) mass is 624 g/mol. The van der Waals surface area contributed by atoms with Gasteiger partial charge >= 0.3 is 17.9 Å². The molecular weight excluding hydrogens is 584 g/mol. The molecule has 5 rings (SSSR count). The van der Waals surface area contributed by atoms with E-state index in [-0.39, 0.29) is 37.2 Å². The maximum atomic E-state index is 12.2. The van der Waals surface area contributed by atoms with Crippen molar-refractivity contribution in [1.82, 2.24) is 19.9 Å². The Labute approximate surface area is 267 Å². The van der Waals surface area contributed by atoms with Crippen molar-refractivity contribution in [2.75, 3.05) is 21.3 Å². The lowest BCUT2D eigenvalue weighted by Crippen LogP contribution is -2.02. The molecule has 10 nitrogen and oxygen atoms in total. The number of hydrogen-bond acceptors (Lipinski definition) is 8. The number of hydrogen-bond donors (Lipinski definition) is 2. The van der Waals surface area contributed by atoms with Gasteiger partial charge in [-0.25, -0.2) is 9.97 Å². The number of aryl methyl sites for hydroxylation is 3. The molecule has 240 valence electrons. The van der Waals surface area contributed by atoms with Gasteiger partial charge in [-0.15, -0.1) is 0 Å². The van der Waals surface area contributed by atoms with E-state index >= 15 is 0 Å². The summed E-state index contributed by atoms with van der Waals surface area (Å²) in [7, 11) is 4.16. The van der Waals surface area contributed by atoms with E-state index in [0.717, 1.165) is 83.8 Å². The largest absolute Gasteiger partial charge is 0.469 e. The van der Waals surface area contributed by atoms with E-state index in [4.69, 9.17) is 24.2 Å². The van der Waals surface area contributed by atoms with E-state index in [1.54, 1.807) is 0 Å². The van der Waals surface area contributed by atoms with E-state index < -0.39 is 0 Å². The molecule has 46 heavy (non-hydrogen) atoms. The van der Waals surface area contributed by atoms with Crippen molar-refractivity contribution in [2.45, 2.75) is 66.2 Å². The van der Waals surface area contributed by atoms with Crippen LogP contribution < -0.4 is 0 Å². The Morgan fingerprint density at radius 2 is 1.11 bits per heavy atom. The van der Waals surface area contributed by atoms with Crippen LogP contribution in [0.25, 0.3) is 44.4 Å². The number of nitrogens with one attached hydrogen (secondary N) is 2. The fraction of sp³-hybridized carbons (Fsp3) is 0.361. The van der Waals surface area contributed by atoms with E-state index in [1.807, 2.05) is 39.0 Å². The molecule has 0 aromatic carbocycles. The SMILES string of the molecule is COC(=O)CCC1=C(C)c2cc3cc(C)c(cc4[nH]c(cc5nc(cc1n2)C(C)=C5CCC(=O)OC)c(CCC(=O)OC)c4C)[nH]3. The predicted octanol–water partition coefficient (Wildman–Crippen LogP) is 6.81. The maximum absolute atomic E-state index is 12.2. The number of nitrogens with zero attached hydrogens (tertiary/aromatic N) is 2. The van der Waals surface area contributed by atoms with Crippen molar-refractivity contribution in [3.8, 4) is 0 Å². The Morgan fingerprint density at radius 1 is 0.587 bits per heavy atom. The summed E-state index contributed by atoms with van der Waals surface area (Å²) in [6.45, 7) is 8.11. The van der Waals surface area contributed by atoms with Crippen LogP contribution in [0.5, 0.6) is 0 Å². The van der Waals surface area contributed by atoms with Crippen molar-refractivity contribution < 1.29 is 28.6 Å². The first-order chi connectivity index (χ1) is 22.0. The van der Waals surface area contributed by atoms with Gasteiger partial charge in [0.15, 0.2) is 0 Å². The number of esters is 3. The van der Waals surface area contributed by atoms with Gasteiger partial charge in [-0.2, -0.15) is 0 Å². The summed E-state index contributed by atoms with van der Waals surface area (Å²) in [5.74, 6) is -0.877. The minimum absolute atomic E-state index is 0.201. The minimum atomic E-state index is -0.305. The Hall–Kier alpha value is -4.99. The number of rotatable bonds is 9. The predicted molar refractivity (Wildman–Crippen MR) is 178 cm³/mol. The average molecular weight is 625 g/mol. The number of methoxy groups -OCH3 is 3. The quantitative estimate of drug-likeness (QED) is 0.196. The molecule has 2 aliphatic rings. The summed E-state index contributed by atoms with van der Waals surface area (Å²) < 4.78 is 14.8. The first-order valence-corrected chi connectivity index (χ1v) is 15.4. The van der Waals surface area contributed by atoms with Crippen molar-refractivity contribution in [1.29, 1.82) is 0 Å². The Kier molecular flexibility index (Phi) is 9.55. The molecule has 2 aliphatic heterocycles. The van der Waals surface area contributed by atoms with Crippen LogP contribution >= 0.6 is 0 Å². The zero-order chi connectivity index (χ0) is 33.1. The molecule has 5 heterocycles. The standard InChI is InChI=1S/C36H40N4O6/c1-19-14-23-15-28-20(2)24(8-11-34(41)44-5)31(38-28)17-30-22(4)26(10-13-36(43)46-7)33(40-30)18-32-25(9-12-35(42)45-6)21(3)29(39-32)16-27(19)37-23/h14-18,37,39H,8-13H2,1-7H3. The Morgan fingerprint density at radius 3 is 1.67 bits per heavy atom. The zero-order valence-electron chi connectivity index (χ0n) is 27.5. The first-order valence-electron chi connectivity index (χ1n) is 15.4. The van der Waals surface area contributed by atoms with Gasteiger partial charge in [0.2, 0.25) is 0 Å². The van der Waals surface area contributed by atoms with E-state index in [2.05, 4.69) is 29.0 Å². The highest BCUT2D eigenvalue weighted by molar-refractivity contribution is 5.96. The fourth-order valence-electron chi connectivity index (χ4n) is 6.05. The van der Waals surface area contributed by atoms with Gasteiger partial charge in [0.05, 0.1) is 44.1 Å². The Balaban J connectivity index is 1.83. The molecule has 0 spiro atoms. The molecule has 0 unspecified atom stereocenters. The molecule has 0 saturated carbocycles. The number of carbonyl (C=O) groups is 3. The van der Waals surface area contributed by atoms with Crippen LogP contribution in [0.3, 0.4) is 0 Å². The zero-order valence-corrected chi connectivity index (χ0v) is 27.5. The van der Waals surface area contributed by atoms with Crippen molar-refractivity contribution in [3.63, 3.8) is 0 Å². The topological polar surface area (TPSA) is 136 Å². The third-order valence-corrected chi connectivity index (χ3v) is 8.86. The summed E-state index contributed by atoms with van der Waals surface area (Å²) in [5, 5.41) is 0. The summed E-state index contributed by atoms with van der Waals surface area (Å²) in [6, 6.07) is 10.1. The van der Waals surface area contributed by atoms with Crippen LogP contribution in [0.1, 0.15) is 85.4 Å². The van der Waals surface area contributed by atoms with Crippen molar-refractivity contribution in [3.05, 3.63) is 69.8 Å². The van der Waals surface area contributed by atoms with Gasteiger partial charge in [0.25, 0.3) is 0 Å².